The molecule has 1 saturated heterocycles. The van der Waals surface area contributed by atoms with Gasteiger partial charge in [0.15, 0.2) is 0 Å². The Morgan fingerprint density at radius 2 is 2.16 bits per heavy atom. The van der Waals surface area contributed by atoms with Gasteiger partial charge in [-0.15, -0.1) is 0 Å². The summed E-state index contributed by atoms with van der Waals surface area (Å²) in [6, 6.07) is 7.39. The van der Waals surface area contributed by atoms with Crippen LogP contribution in [0.2, 0.25) is 0 Å². The highest BCUT2D eigenvalue weighted by atomic mass is 16.5. The van der Waals surface area contributed by atoms with Gasteiger partial charge in [0.05, 0.1) is 6.61 Å². The van der Waals surface area contributed by atoms with E-state index >= 15 is 0 Å². The molecule has 2 heterocycles. The van der Waals surface area contributed by atoms with Crippen LogP contribution in [-0.4, -0.2) is 55.3 Å². The lowest BCUT2D eigenvalue weighted by atomic mass is 10.1. The van der Waals surface area contributed by atoms with Crippen molar-refractivity contribution in [2.75, 3.05) is 39.2 Å². The topological polar surface area (TPSA) is 75.6 Å². The summed E-state index contributed by atoms with van der Waals surface area (Å²) in [5.41, 5.74) is 1.69. The SMILES string of the molecule is CN(C)C(=O)Cn1ccc2cc(NC(=O)NCC3CCOC3)ccc21. The summed E-state index contributed by atoms with van der Waals surface area (Å²) in [4.78, 5) is 25.5. The third-order valence-electron chi connectivity index (χ3n) is 4.41. The summed E-state index contributed by atoms with van der Waals surface area (Å²) in [7, 11) is 3.48. The van der Waals surface area contributed by atoms with Crippen LogP contribution in [0.5, 0.6) is 0 Å². The number of aromatic nitrogens is 1. The number of benzene rings is 1. The minimum absolute atomic E-state index is 0.0370. The van der Waals surface area contributed by atoms with Crippen LogP contribution in [0.4, 0.5) is 10.5 Å². The molecule has 0 radical (unpaired) electrons. The number of fused-ring (bicyclic) bond motifs is 1. The standard InChI is InChI=1S/C18H24N4O3/c1-21(2)17(23)11-22-7-5-14-9-15(3-4-16(14)22)20-18(24)19-10-13-6-8-25-12-13/h3-5,7,9,13H,6,8,10-12H2,1-2H3,(H2,19,20,24). The van der Waals surface area contributed by atoms with Crippen LogP contribution >= 0.6 is 0 Å². The number of ether oxygens (including phenoxy) is 1. The number of urea groups is 1. The van der Waals surface area contributed by atoms with Crippen LogP contribution in [0, 0.1) is 5.92 Å². The molecule has 134 valence electrons. The van der Waals surface area contributed by atoms with Crippen LogP contribution in [-0.2, 0) is 16.1 Å². The number of anilines is 1. The van der Waals surface area contributed by atoms with Gasteiger partial charge in [-0.2, -0.15) is 0 Å². The van der Waals surface area contributed by atoms with Crippen LogP contribution in [0.1, 0.15) is 6.42 Å². The fourth-order valence-corrected chi connectivity index (χ4v) is 2.86. The zero-order chi connectivity index (χ0) is 17.8. The highest BCUT2D eigenvalue weighted by Crippen LogP contribution is 2.21. The highest BCUT2D eigenvalue weighted by molar-refractivity contribution is 5.93. The Morgan fingerprint density at radius 3 is 2.88 bits per heavy atom. The Hall–Kier alpha value is -2.54. The third kappa shape index (κ3) is 4.30. The molecule has 1 aliphatic heterocycles. The Morgan fingerprint density at radius 1 is 1.32 bits per heavy atom. The van der Waals surface area contributed by atoms with Crippen LogP contribution < -0.4 is 10.6 Å². The maximum absolute atomic E-state index is 12.0. The van der Waals surface area contributed by atoms with Crippen molar-refractivity contribution in [2.24, 2.45) is 5.92 Å². The van der Waals surface area contributed by atoms with Gasteiger partial charge in [-0.1, -0.05) is 0 Å². The number of amides is 3. The summed E-state index contributed by atoms with van der Waals surface area (Å²) in [6.07, 6.45) is 2.88. The van der Waals surface area contributed by atoms with Gasteiger partial charge in [0.1, 0.15) is 6.54 Å². The monoisotopic (exact) mass is 344 g/mol. The van der Waals surface area contributed by atoms with E-state index in [0.29, 0.717) is 25.6 Å². The highest BCUT2D eigenvalue weighted by Gasteiger charge is 2.16. The molecule has 0 spiro atoms. The maximum Gasteiger partial charge on any atom is 0.319 e. The minimum Gasteiger partial charge on any atom is -0.381 e. The zero-order valence-corrected chi connectivity index (χ0v) is 14.6. The predicted octanol–water partition coefficient (Wildman–Crippen LogP) is 1.89. The zero-order valence-electron chi connectivity index (χ0n) is 14.6. The fraction of sp³-hybridized carbons (Fsp3) is 0.444. The average molecular weight is 344 g/mol. The van der Waals surface area contributed by atoms with E-state index in [1.54, 1.807) is 19.0 Å². The molecular weight excluding hydrogens is 320 g/mol. The molecule has 3 rings (SSSR count). The van der Waals surface area contributed by atoms with Crippen molar-refractivity contribution < 1.29 is 14.3 Å². The van der Waals surface area contributed by atoms with E-state index in [9.17, 15) is 9.59 Å². The lowest BCUT2D eigenvalue weighted by molar-refractivity contribution is -0.129. The van der Waals surface area contributed by atoms with Crippen molar-refractivity contribution in [3.8, 4) is 0 Å². The maximum atomic E-state index is 12.0. The van der Waals surface area contributed by atoms with Gasteiger partial charge in [-0.25, -0.2) is 4.79 Å². The summed E-state index contributed by atoms with van der Waals surface area (Å²) in [6.45, 7) is 2.41. The van der Waals surface area contributed by atoms with Crippen molar-refractivity contribution in [2.45, 2.75) is 13.0 Å². The first-order valence-electron chi connectivity index (χ1n) is 8.44. The molecule has 2 N–H and O–H groups in total. The van der Waals surface area contributed by atoms with Crippen molar-refractivity contribution in [3.63, 3.8) is 0 Å². The fourth-order valence-electron chi connectivity index (χ4n) is 2.86. The van der Waals surface area contributed by atoms with Gasteiger partial charge in [-0.05, 0) is 30.7 Å². The quantitative estimate of drug-likeness (QED) is 0.870. The van der Waals surface area contributed by atoms with E-state index in [-0.39, 0.29) is 11.9 Å². The normalized spacial score (nSPS) is 16.8. The molecule has 0 saturated carbocycles. The van der Waals surface area contributed by atoms with Gasteiger partial charge in [-0.3, -0.25) is 4.79 Å². The van der Waals surface area contributed by atoms with Crippen molar-refractivity contribution in [3.05, 3.63) is 30.5 Å². The van der Waals surface area contributed by atoms with Crippen LogP contribution in [0.15, 0.2) is 30.5 Å². The van der Waals surface area contributed by atoms with E-state index in [2.05, 4.69) is 10.6 Å². The molecule has 7 nitrogen and oxygen atoms in total. The first-order chi connectivity index (χ1) is 12.0. The van der Waals surface area contributed by atoms with Gasteiger partial charge in [0, 0.05) is 56.0 Å². The molecule has 1 aromatic heterocycles. The molecular formula is C18H24N4O3. The second-order valence-electron chi connectivity index (χ2n) is 6.57. The van der Waals surface area contributed by atoms with E-state index < -0.39 is 0 Å². The van der Waals surface area contributed by atoms with E-state index in [1.807, 2.05) is 35.0 Å². The second kappa shape index (κ2) is 7.57. The number of carbonyl (C=O) groups is 2. The Kier molecular flexibility index (Phi) is 5.23. The third-order valence-corrected chi connectivity index (χ3v) is 4.41. The molecule has 25 heavy (non-hydrogen) atoms. The lowest BCUT2D eigenvalue weighted by Crippen LogP contribution is -2.33. The number of carbonyl (C=O) groups excluding carboxylic acids is 2. The van der Waals surface area contributed by atoms with Gasteiger partial charge >= 0.3 is 6.03 Å². The van der Waals surface area contributed by atoms with Gasteiger partial charge < -0.3 is 24.8 Å². The summed E-state index contributed by atoms with van der Waals surface area (Å²) in [5, 5.41) is 6.71. The largest absolute Gasteiger partial charge is 0.381 e. The molecule has 2 aromatic rings. The number of hydrogen-bond acceptors (Lipinski definition) is 3. The Balaban J connectivity index is 1.61. The summed E-state index contributed by atoms with van der Waals surface area (Å²) in [5.74, 6) is 0.437. The van der Waals surface area contributed by atoms with E-state index in [1.165, 1.54) is 0 Å². The van der Waals surface area contributed by atoms with Crippen LogP contribution in [0.3, 0.4) is 0 Å². The average Bonchev–Trinajstić information content (AvgIpc) is 3.23. The smallest absolute Gasteiger partial charge is 0.319 e. The molecule has 1 aliphatic rings. The molecule has 0 aliphatic carbocycles. The molecule has 1 aromatic carbocycles. The van der Waals surface area contributed by atoms with E-state index in [4.69, 9.17) is 4.74 Å². The molecule has 1 atom stereocenters. The van der Waals surface area contributed by atoms with Crippen molar-refractivity contribution in [1.29, 1.82) is 0 Å². The molecule has 1 fully saturated rings. The lowest BCUT2D eigenvalue weighted by Gasteiger charge is -2.12. The number of likely N-dealkylation sites (N-methyl/N-ethyl adjacent to an activating group) is 1. The summed E-state index contributed by atoms with van der Waals surface area (Å²) >= 11 is 0. The number of nitrogens with zero attached hydrogens (tertiary/aromatic N) is 2. The second-order valence-corrected chi connectivity index (χ2v) is 6.57. The first-order valence-corrected chi connectivity index (χ1v) is 8.44. The molecule has 0 bridgehead atoms. The van der Waals surface area contributed by atoms with Gasteiger partial charge in [0.2, 0.25) is 5.91 Å². The van der Waals surface area contributed by atoms with Gasteiger partial charge in [0.25, 0.3) is 0 Å². The number of hydrogen-bond donors (Lipinski definition) is 2. The van der Waals surface area contributed by atoms with E-state index in [0.717, 1.165) is 29.6 Å². The molecule has 7 heteroatoms. The first kappa shape index (κ1) is 17.3. The van der Waals surface area contributed by atoms with Crippen molar-refractivity contribution in [1.82, 2.24) is 14.8 Å². The molecule has 3 amide bonds. The predicted molar refractivity (Wildman–Crippen MR) is 96.6 cm³/mol. The van der Waals surface area contributed by atoms with Crippen molar-refractivity contribution >= 4 is 28.5 Å². The van der Waals surface area contributed by atoms with Crippen LogP contribution in [0.25, 0.3) is 10.9 Å². The molecule has 1 unspecified atom stereocenters. The minimum atomic E-state index is -0.214. The number of nitrogens with one attached hydrogen (secondary N) is 2. The number of rotatable bonds is 5. The Bertz CT molecular complexity index is 763. The Labute approximate surface area is 146 Å². The summed E-state index contributed by atoms with van der Waals surface area (Å²) < 4.78 is 7.20.